The predicted octanol–water partition coefficient (Wildman–Crippen LogP) is 8.01. The van der Waals surface area contributed by atoms with Gasteiger partial charge in [-0.2, -0.15) is 36.9 Å². The molecule has 1 aliphatic carbocycles. The van der Waals surface area contributed by atoms with Crippen LogP contribution < -0.4 is 0 Å². The van der Waals surface area contributed by atoms with E-state index in [2.05, 4.69) is 0 Å². The lowest BCUT2D eigenvalue weighted by atomic mass is 9.91. The van der Waals surface area contributed by atoms with Crippen molar-refractivity contribution in [3.63, 3.8) is 0 Å². The lowest BCUT2D eigenvalue weighted by molar-refractivity contribution is -0.138. The molecule has 186 valence electrons. The maximum absolute atomic E-state index is 13.2. The molecule has 4 aromatic carbocycles. The van der Waals surface area contributed by atoms with Crippen LogP contribution in [0.3, 0.4) is 0 Å². The van der Waals surface area contributed by atoms with Crippen molar-refractivity contribution in [2.45, 2.75) is 12.4 Å². The number of halogens is 6. The molecule has 0 saturated carbocycles. The SMILES string of the molecule is N#Cc1cc2c(cc1-c1ccc(C(F)(F)F)cc1)-c1cc(-c3ccc(C(F)(F)F)cc3)c(C#N)cc1C2=O. The zero-order valence-electron chi connectivity index (χ0n) is 19.0. The second-order valence-corrected chi connectivity index (χ2v) is 8.59. The lowest BCUT2D eigenvalue weighted by Crippen LogP contribution is -2.04. The van der Waals surface area contributed by atoms with Gasteiger partial charge in [0.1, 0.15) is 0 Å². The van der Waals surface area contributed by atoms with Gasteiger partial charge in [0, 0.05) is 22.3 Å². The Hall–Kier alpha value is -4.89. The first-order valence-corrected chi connectivity index (χ1v) is 11.0. The standard InChI is InChI=1S/C29H12F6N2O/c30-28(31,32)19-5-1-15(2-6-19)21-11-23-24-12-22(16-3-7-20(8-4-16)29(33,34)35)18(14-37)10-26(24)27(38)25(23)9-17(21)13-36/h1-12H. The number of ketones is 1. The van der Waals surface area contributed by atoms with E-state index < -0.39 is 29.3 Å². The van der Waals surface area contributed by atoms with E-state index in [1.165, 1.54) is 48.5 Å². The summed E-state index contributed by atoms with van der Waals surface area (Å²) in [6.07, 6.45) is -9.07. The van der Waals surface area contributed by atoms with Crippen LogP contribution >= 0.6 is 0 Å². The first-order chi connectivity index (χ1) is 17.9. The average Bonchev–Trinajstić information content (AvgIpc) is 3.16. The fourth-order valence-corrected chi connectivity index (χ4v) is 4.51. The molecule has 0 radical (unpaired) electrons. The van der Waals surface area contributed by atoms with Crippen LogP contribution in [0.25, 0.3) is 33.4 Å². The summed E-state index contributed by atoms with van der Waals surface area (Å²) in [5.74, 6) is -0.444. The summed E-state index contributed by atoms with van der Waals surface area (Å²) in [6, 6.07) is 18.2. The maximum atomic E-state index is 13.2. The van der Waals surface area contributed by atoms with Crippen LogP contribution in [0.15, 0.2) is 72.8 Å². The Morgan fingerprint density at radius 1 is 0.500 bits per heavy atom. The summed E-state index contributed by atoms with van der Waals surface area (Å²) in [6.45, 7) is 0. The van der Waals surface area contributed by atoms with Crippen molar-refractivity contribution >= 4 is 5.78 Å². The molecule has 9 heteroatoms. The minimum absolute atomic E-state index is 0.0770. The molecule has 38 heavy (non-hydrogen) atoms. The molecule has 0 unspecified atom stereocenters. The van der Waals surface area contributed by atoms with Crippen LogP contribution in [0.5, 0.6) is 0 Å². The second-order valence-electron chi connectivity index (χ2n) is 8.59. The Bertz CT molecular complexity index is 1570. The summed E-state index contributed by atoms with van der Waals surface area (Å²) < 4.78 is 78.0. The van der Waals surface area contributed by atoms with Gasteiger partial charge in [0.25, 0.3) is 0 Å². The Morgan fingerprint density at radius 2 is 0.842 bits per heavy atom. The number of hydrogen-bond acceptors (Lipinski definition) is 3. The molecule has 5 rings (SSSR count). The molecule has 0 amide bonds. The molecule has 0 spiro atoms. The molecule has 1 aliphatic rings. The van der Waals surface area contributed by atoms with Crippen LogP contribution in [0.2, 0.25) is 0 Å². The number of hydrogen-bond donors (Lipinski definition) is 0. The number of nitrogens with zero attached hydrogens (tertiary/aromatic N) is 2. The zero-order chi connectivity index (χ0) is 27.4. The Balaban J connectivity index is 1.67. The monoisotopic (exact) mass is 518 g/mol. The predicted molar refractivity (Wildman–Crippen MR) is 126 cm³/mol. The van der Waals surface area contributed by atoms with Gasteiger partial charge in [0.15, 0.2) is 5.78 Å². The van der Waals surface area contributed by atoms with Crippen molar-refractivity contribution < 1.29 is 31.1 Å². The van der Waals surface area contributed by atoms with Gasteiger partial charge >= 0.3 is 12.4 Å². The number of nitriles is 2. The van der Waals surface area contributed by atoms with Crippen molar-refractivity contribution in [2.75, 3.05) is 0 Å². The first kappa shape index (κ1) is 24.8. The number of fused-ring (bicyclic) bond motifs is 3. The molecule has 0 bridgehead atoms. The third-order valence-corrected chi connectivity index (χ3v) is 6.38. The van der Waals surface area contributed by atoms with Crippen LogP contribution in [0, 0.1) is 22.7 Å². The van der Waals surface area contributed by atoms with Gasteiger partial charge in [-0.25, -0.2) is 0 Å². The molecule has 4 aromatic rings. The van der Waals surface area contributed by atoms with Gasteiger partial charge in [-0.15, -0.1) is 0 Å². The largest absolute Gasteiger partial charge is 0.416 e. The van der Waals surface area contributed by atoms with Gasteiger partial charge < -0.3 is 0 Å². The van der Waals surface area contributed by atoms with Crippen LogP contribution in [-0.2, 0) is 12.4 Å². The summed E-state index contributed by atoms with van der Waals surface area (Å²) in [4.78, 5) is 13.2. The number of alkyl halides is 6. The van der Waals surface area contributed by atoms with E-state index in [0.717, 1.165) is 24.3 Å². The first-order valence-electron chi connectivity index (χ1n) is 11.0. The fourth-order valence-electron chi connectivity index (χ4n) is 4.51. The Kier molecular flexibility index (Phi) is 5.61. The summed E-state index contributed by atoms with van der Waals surface area (Å²) >= 11 is 0. The van der Waals surface area contributed by atoms with Crippen molar-refractivity contribution in [1.82, 2.24) is 0 Å². The third-order valence-electron chi connectivity index (χ3n) is 6.38. The molecule has 0 aromatic heterocycles. The van der Waals surface area contributed by atoms with Gasteiger partial charge in [-0.3, -0.25) is 4.79 Å². The molecule has 0 aliphatic heterocycles. The van der Waals surface area contributed by atoms with E-state index in [1.54, 1.807) is 0 Å². The topological polar surface area (TPSA) is 64.7 Å². The minimum Gasteiger partial charge on any atom is -0.289 e. The van der Waals surface area contributed by atoms with E-state index in [1.807, 2.05) is 12.1 Å². The van der Waals surface area contributed by atoms with Crippen molar-refractivity contribution in [2.24, 2.45) is 0 Å². The van der Waals surface area contributed by atoms with Gasteiger partial charge in [0.05, 0.1) is 34.4 Å². The maximum Gasteiger partial charge on any atom is 0.416 e. The van der Waals surface area contributed by atoms with E-state index >= 15 is 0 Å². The van der Waals surface area contributed by atoms with E-state index in [9.17, 15) is 41.7 Å². The summed E-state index contributed by atoms with van der Waals surface area (Å²) in [7, 11) is 0. The van der Waals surface area contributed by atoms with Gasteiger partial charge in [-0.05, 0) is 70.8 Å². The highest BCUT2D eigenvalue weighted by Gasteiger charge is 2.33. The fraction of sp³-hybridized carbons (Fsp3) is 0.0690. The van der Waals surface area contributed by atoms with Crippen LogP contribution in [0.1, 0.15) is 38.2 Å². The van der Waals surface area contributed by atoms with Crippen molar-refractivity contribution in [3.8, 4) is 45.5 Å². The van der Waals surface area contributed by atoms with Crippen molar-refractivity contribution in [3.05, 3.63) is 106 Å². The molecule has 0 heterocycles. The van der Waals surface area contributed by atoms with E-state index in [0.29, 0.717) is 33.4 Å². The van der Waals surface area contributed by atoms with Crippen LogP contribution in [-0.4, -0.2) is 5.78 Å². The molecule has 0 atom stereocenters. The Morgan fingerprint density at radius 3 is 1.13 bits per heavy atom. The lowest BCUT2D eigenvalue weighted by Gasteiger charge is -2.12. The summed E-state index contributed by atoms with van der Waals surface area (Å²) in [5, 5.41) is 19.4. The molecule has 0 N–H and O–H groups in total. The number of carbonyl (C=O) groups excluding carboxylic acids is 1. The summed E-state index contributed by atoms with van der Waals surface area (Å²) in [5.41, 5.74) is 0.876. The van der Waals surface area contributed by atoms with Gasteiger partial charge in [-0.1, -0.05) is 24.3 Å². The second kappa shape index (κ2) is 8.60. The Labute approximate surface area is 211 Å². The normalized spacial score (nSPS) is 12.5. The average molecular weight is 518 g/mol. The van der Waals surface area contributed by atoms with Gasteiger partial charge in [0.2, 0.25) is 0 Å². The van der Waals surface area contributed by atoms with Crippen molar-refractivity contribution in [1.29, 1.82) is 10.5 Å². The highest BCUT2D eigenvalue weighted by atomic mass is 19.4. The number of benzene rings is 4. The quantitative estimate of drug-likeness (QED) is 0.222. The zero-order valence-corrected chi connectivity index (χ0v) is 19.0. The van der Waals surface area contributed by atoms with Crippen LogP contribution in [0.4, 0.5) is 26.3 Å². The molecule has 3 nitrogen and oxygen atoms in total. The molecular formula is C29H12F6N2O. The smallest absolute Gasteiger partial charge is 0.289 e. The van der Waals surface area contributed by atoms with E-state index in [4.69, 9.17) is 0 Å². The molecule has 0 saturated heterocycles. The van der Waals surface area contributed by atoms with E-state index in [-0.39, 0.29) is 22.3 Å². The third kappa shape index (κ3) is 4.08. The minimum atomic E-state index is -4.53. The number of rotatable bonds is 2. The highest BCUT2D eigenvalue weighted by Crippen LogP contribution is 2.44. The molecular weight excluding hydrogens is 506 g/mol. The highest BCUT2D eigenvalue weighted by molar-refractivity contribution is 6.23. The number of carbonyl (C=O) groups is 1. The molecule has 0 fully saturated rings.